The van der Waals surface area contributed by atoms with Crippen molar-refractivity contribution in [2.45, 2.75) is 39.7 Å². The molecule has 0 bridgehead atoms. The molecule has 0 aliphatic heterocycles. The number of benzene rings is 1. The monoisotopic (exact) mass is 276 g/mol. The third-order valence-electron chi connectivity index (χ3n) is 3.13. The first-order valence-corrected chi connectivity index (χ1v) is 7.01. The molecular weight excluding hydrogens is 255 g/mol. The van der Waals surface area contributed by atoms with Crippen LogP contribution in [0.2, 0.25) is 0 Å². The third-order valence-corrected chi connectivity index (χ3v) is 3.13. The summed E-state index contributed by atoms with van der Waals surface area (Å²) in [5.74, 6) is 1.10. The lowest BCUT2D eigenvalue weighted by molar-refractivity contribution is 0.484. The Morgan fingerprint density at radius 3 is 2.85 bits per heavy atom. The molecule has 2 rings (SSSR count). The van der Waals surface area contributed by atoms with Crippen molar-refractivity contribution in [2.24, 2.45) is 0 Å². The molecule has 0 atom stereocenters. The fourth-order valence-corrected chi connectivity index (χ4v) is 1.94. The Balaban J connectivity index is 1.96. The van der Waals surface area contributed by atoms with Crippen LogP contribution in [-0.4, -0.2) is 17.6 Å². The van der Waals surface area contributed by atoms with Gasteiger partial charge in [-0.1, -0.05) is 26.0 Å². The Hall–Kier alpha value is -1.68. The Kier molecular flexibility index (Phi) is 4.90. The van der Waals surface area contributed by atoms with Gasteiger partial charge in [0.05, 0.1) is 6.20 Å². The standard InChI is InChI=1S/C16H21FN2O/c1-11(2)18-8-4-5-16-19-10-15(20-16)13-7-6-12(3)14(17)9-13/h6-7,9-11,18H,4-5,8H2,1-3H3. The molecule has 20 heavy (non-hydrogen) atoms. The Bertz CT molecular complexity index is 563. The normalized spacial score (nSPS) is 11.2. The SMILES string of the molecule is Cc1ccc(-c2cnc(CCCNC(C)C)o2)cc1F. The van der Waals surface area contributed by atoms with Crippen LogP contribution in [0, 0.1) is 12.7 Å². The molecule has 1 N–H and O–H groups in total. The predicted octanol–water partition coefficient (Wildman–Crippen LogP) is 3.72. The van der Waals surface area contributed by atoms with E-state index in [0.717, 1.165) is 24.9 Å². The molecule has 108 valence electrons. The summed E-state index contributed by atoms with van der Waals surface area (Å²) in [6.07, 6.45) is 3.42. The number of rotatable bonds is 6. The molecule has 4 heteroatoms. The quantitative estimate of drug-likeness (QED) is 0.817. The van der Waals surface area contributed by atoms with Crippen LogP contribution < -0.4 is 5.32 Å². The van der Waals surface area contributed by atoms with Crippen LogP contribution in [0.3, 0.4) is 0 Å². The molecule has 1 heterocycles. The van der Waals surface area contributed by atoms with Gasteiger partial charge in [-0.15, -0.1) is 0 Å². The number of oxazole rings is 1. The molecule has 0 unspecified atom stereocenters. The van der Waals surface area contributed by atoms with E-state index in [0.29, 0.717) is 23.3 Å². The first kappa shape index (κ1) is 14.7. The maximum absolute atomic E-state index is 13.5. The minimum absolute atomic E-state index is 0.221. The number of nitrogens with one attached hydrogen (secondary N) is 1. The molecule has 0 spiro atoms. The Morgan fingerprint density at radius 2 is 2.15 bits per heavy atom. The van der Waals surface area contributed by atoms with E-state index in [1.54, 1.807) is 19.2 Å². The molecule has 0 aliphatic rings. The van der Waals surface area contributed by atoms with Crippen molar-refractivity contribution in [2.75, 3.05) is 6.54 Å². The van der Waals surface area contributed by atoms with Gasteiger partial charge in [-0.25, -0.2) is 9.37 Å². The number of aromatic nitrogens is 1. The minimum atomic E-state index is -0.221. The number of hydrogen-bond donors (Lipinski definition) is 1. The van der Waals surface area contributed by atoms with Crippen molar-refractivity contribution in [3.05, 3.63) is 41.7 Å². The van der Waals surface area contributed by atoms with Crippen molar-refractivity contribution in [1.82, 2.24) is 10.3 Å². The number of hydrogen-bond acceptors (Lipinski definition) is 3. The lowest BCUT2D eigenvalue weighted by atomic mass is 10.1. The summed E-state index contributed by atoms with van der Waals surface area (Å²) in [5, 5.41) is 3.35. The molecule has 0 amide bonds. The van der Waals surface area contributed by atoms with E-state index in [9.17, 15) is 4.39 Å². The highest BCUT2D eigenvalue weighted by Gasteiger charge is 2.08. The minimum Gasteiger partial charge on any atom is -0.441 e. The summed E-state index contributed by atoms with van der Waals surface area (Å²) in [4.78, 5) is 4.24. The van der Waals surface area contributed by atoms with Gasteiger partial charge < -0.3 is 9.73 Å². The van der Waals surface area contributed by atoms with E-state index >= 15 is 0 Å². The summed E-state index contributed by atoms with van der Waals surface area (Å²) < 4.78 is 19.2. The largest absolute Gasteiger partial charge is 0.441 e. The van der Waals surface area contributed by atoms with Gasteiger partial charge in [0.2, 0.25) is 0 Å². The second kappa shape index (κ2) is 6.66. The van der Waals surface area contributed by atoms with Crippen LogP contribution in [0.1, 0.15) is 31.7 Å². The van der Waals surface area contributed by atoms with E-state index in [-0.39, 0.29) is 5.82 Å². The molecule has 0 aliphatic carbocycles. The zero-order chi connectivity index (χ0) is 14.5. The molecule has 3 nitrogen and oxygen atoms in total. The van der Waals surface area contributed by atoms with E-state index in [1.807, 2.05) is 6.07 Å². The molecule has 0 saturated heterocycles. The van der Waals surface area contributed by atoms with Gasteiger partial charge >= 0.3 is 0 Å². The van der Waals surface area contributed by atoms with Crippen molar-refractivity contribution in [3.8, 4) is 11.3 Å². The number of aryl methyl sites for hydroxylation is 2. The summed E-state index contributed by atoms with van der Waals surface area (Å²) in [5.41, 5.74) is 1.36. The van der Waals surface area contributed by atoms with Crippen LogP contribution in [0.5, 0.6) is 0 Å². The highest BCUT2D eigenvalue weighted by molar-refractivity contribution is 5.56. The van der Waals surface area contributed by atoms with Crippen molar-refractivity contribution >= 4 is 0 Å². The van der Waals surface area contributed by atoms with Crippen LogP contribution in [0.25, 0.3) is 11.3 Å². The number of nitrogens with zero attached hydrogens (tertiary/aromatic N) is 1. The van der Waals surface area contributed by atoms with Crippen LogP contribution in [-0.2, 0) is 6.42 Å². The van der Waals surface area contributed by atoms with Crippen LogP contribution in [0.4, 0.5) is 4.39 Å². The fourth-order valence-electron chi connectivity index (χ4n) is 1.94. The van der Waals surface area contributed by atoms with Crippen LogP contribution in [0.15, 0.2) is 28.8 Å². The second-order valence-corrected chi connectivity index (χ2v) is 5.29. The highest BCUT2D eigenvalue weighted by atomic mass is 19.1. The maximum Gasteiger partial charge on any atom is 0.194 e. The van der Waals surface area contributed by atoms with Gasteiger partial charge in [0.15, 0.2) is 11.7 Å². The smallest absolute Gasteiger partial charge is 0.194 e. The molecule has 0 fully saturated rings. The summed E-state index contributed by atoms with van der Waals surface area (Å²) in [6, 6.07) is 5.58. The maximum atomic E-state index is 13.5. The molecule has 0 saturated carbocycles. The fraction of sp³-hybridized carbons (Fsp3) is 0.438. The summed E-state index contributed by atoms with van der Waals surface area (Å²) in [7, 11) is 0. The van der Waals surface area contributed by atoms with Gasteiger partial charge in [0.1, 0.15) is 5.82 Å². The summed E-state index contributed by atoms with van der Waals surface area (Å²) >= 11 is 0. The van der Waals surface area contributed by atoms with Gasteiger partial charge in [0, 0.05) is 18.0 Å². The lowest BCUT2D eigenvalue weighted by Crippen LogP contribution is -2.23. The highest BCUT2D eigenvalue weighted by Crippen LogP contribution is 2.22. The molecular formula is C16H21FN2O. The van der Waals surface area contributed by atoms with Crippen molar-refractivity contribution in [1.29, 1.82) is 0 Å². The Labute approximate surface area is 119 Å². The van der Waals surface area contributed by atoms with Gasteiger partial charge in [-0.3, -0.25) is 0 Å². The van der Waals surface area contributed by atoms with Crippen molar-refractivity contribution in [3.63, 3.8) is 0 Å². The zero-order valence-corrected chi connectivity index (χ0v) is 12.2. The lowest BCUT2D eigenvalue weighted by Gasteiger charge is -2.05. The van der Waals surface area contributed by atoms with E-state index in [4.69, 9.17) is 4.42 Å². The van der Waals surface area contributed by atoms with Crippen molar-refractivity contribution < 1.29 is 8.81 Å². The molecule has 1 aromatic carbocycles. The Morgan fingerprint density at radius 1 is 1.35 bits per heavy atom. The average Bonchev–Trinajstić information content (AvgIpc) is 2.86. The van der Waals surface area contributed by atoms with E-state index in [2.05, 4.69) is 24.1 Å². The van der Waals surface area contributed by atoms with Gasteiger partial charge in [0.25, 0.3) is 0 Å². The van der Waals surface area contributed by atoms with E-state index < -0.39 is 0 Å². The third kappa shape index (κ3) is 3.90. The predicted molar refractivity (Wildman–Crippen MR) is 78.1 cm³/mol. The molecule has 1 aromatic heterocycles. The van der Waals surface area contributed by atoms with Gasteiger partial charge in [-0.05, 0) is 31.5 Å². The van der Waals surface area contributed by atoms with Gasteiger partial charge in [-0.2, -0.15) is 0 Å². The zero-order valence-electron chi connectivity index (χ0n) is 12.2. The first-order valence-electron chi connectivity index (χ1n) is 7.01. The van der Waals surface area contributed by atoms with Crippen LogP contribution >= 0.6 is 0 Å². The summed E-state index contributed by atoms with van der Waals surface area (Å²) in [6.45, 7) is 6.92. The number of halogens is 1. The first-order chi connectivity index (χ1) is 9.56. The average molecular weight is 276 g/mol. The second-order valence-electron chi connectivity index (χ2n) is 5.29. The molecule has 0 radical (unpaired) electrons. The van der Waals surface area contributed by atoms with E-state index in [1.165, 1.54) is 6.07 Å². The topological polar surface area (TPSA) is 38.1 Å². The molecule has 2 aromatic rings.